The molecule has 1 amide bonds. The first kappa shape index (κ1) is 31.0. The van der Waals surface area contributed by atoms with Crippen LogP contribution in [0.4, 0.5) is 17.3 Å². The molecule has 4 N–H and O–H groups in total. The Morgan fingerprint density at radius 2 is 1.59 bits per heavy atom. The molecule has 232 valence electrons. The summed E-state index contributed by atoms with van der Waals surface area (Å²) in [6, 6.07) is 18.0. The quantitative estimate of drug-likeness (QED) is 0.194. The number of rotatable bonds is 12. The largest absolute Gasteiger partial charge is 0.497 e. The number of likely N-dealkylation sites (tertiary alicyclic amines) is 1. The average Bonchev–Trinajstić information content (AvgIpc) is 3.02. The van der Waals surface area contributed by atoms with Crippen molar-refractivity contribution in [2.45, 2.75) is 43.5 Å². The number of ether oxygens (including phenoxy) is 2. The lowest BCUT2D eigenvalue weighted by Crippen LogP contribution is -2.42. The fourth-order valence-corrected chi connectivity index (χ4v) is 6.74. The van der Waals surface area contributed by atoms with Crippen LogP contribution >= 0.6 is 0 Å². The molecule has 0 radical (unpaired) electrons. The van der Waals surface area contributed by atoms with Crippen molar-refractivity contribution in [1.29, 1.82) is 0 Å². The number of amides is 1. The predicted molar refractivity (Wildman–Crippen MR) is 171 cm³/mol. The minimum atomic E-state index is -4.16. The third-order valence-electron chi connectivity index (χ3n) is 7.88. The first-order valence-corrected chi connectivity index (χ1v) is 16.1. The molecule has 3 aromatic carbocycles. The van der Waals surface area contributed by atoms with Crippen molar-refractivity contribution in [1.82, 2.24) is 14.9 Å². The summed E-state index contributed by atoms with van der Waals surface area (Å²) in [6.07, 6.45) is 4.25. The molecule has 0 spiro atoms. The van der Waals surface area contributed by atoms with Gasteiger partial charge in [0.1, 0.15) is 17.5 Å². The van der Waals surface area contributed by atoms with E-state index in [9.17, 15) is 13.2 Å². The van der Waals surface area contributed by atoms with E-state index < -0.39 is 22.0 Å². The van der Waals surface area contributed by atoms with Crippen molar-refractivity contribution < 1.29 is 22.7 Å². The maximum atomic E-state index is 13.8. The summed E-state index contributed by atoms with van der Waals surface area (Å²) in [6.45, 7) is 3.63. The fraction of sp³-hybridized carbons (Fsp3) is 0.344. The van der Waals surface area contributed by atoms with Gasteiger partial charge in [-0.2, -0.15) is 0 Å². The summed E-state index contributed by atoms with van der Waals surface area (Å²) >= 11 is 0. The van der Waals surface area contributed by atoms with Crippen molar-refractivity contribution >= 4 is 44.3 Å². The van der Waals surface area contributed by atoms with Gasteiger partial charge in [0.05, 0.1) is 30.1 Å². The molecule has 12 heteroatoms. The molecule has 4 aromatic rings. The number of sulfonamides is 1. The standard InChI is InChI=1S/C32H38N6O5S/c1-4-8-21-13-15-38(16-14-21)29(30(33)39)22-9-7-10-26(17-22)44(40,41)37-32-31(35-27-11-5-6-12-28(27)36-32)34-23-18-24(42-2)20-25(19-23)43-3/h5-7,9-12,17-21,29H,4,8,13-16H2,1-3H3,(H2,33,39)(H,34,35)(H,36,37). The number of primary amides is 1. The van der Waals surface area contributed by atoms with E-state index in [0.29, 0.717) is 39.7 Å². The number of anilines is 3. The van der Waals surface area contributed by atoms with E-state index in [2.05, 4.69) is 26.9 Å². The van der Waals surface area contributed by atoms with Crippen molar-refractivity contribution in [2.24, 2.45) is 11.7 Å². The average molecular weight is 619 g/mol. The zero-order valence-electron chi connectivity index (χ0n) is 25.1. The molecule has 0 saturated carbocycles. The lowest BCUT2D eigenvalue weighted by Gasteiger charge is -2.36. The van der Waals surface area contributed by atoms with Crippen LogP contribution in [-0.4, -0.2) is 56.5 Å². The van der Waals surface area contributed by atoms with Crippen molar-refractivity contribution in [3.8, 4) is 11.5 Å². The number of carbonyl (C=O) groups excluding carboxylic acids is 1. The number of hydrogen-bond acceptors (Lipinski definition) is 9. The number of piperidine rings is 1. The molecular formula is C32H38N6O5S. The van der Waals surface area contributed by atoms with Crippen molar-refractivity contribution in [2.75, 3.05) is 37.3 Å². The van der Waals surface area contributed by atoms with Gasteiger partial charge in [0.25, 0.3) is 10.0 Å². The summed E-state index contributed by atoms with van der Waals surface area (Å²) in [4.78, 5) is 23.9. The second-order valence-electron chi connectivity index (χ2n) is 10.9. The Morgan fingerprint density at radius 3 is 2.18 bits per heavy atom. The second-order valence-corrected chi connectivity index (χ2v) is 12.6. The Morgan fingerprint density at radius 1 is 0.955 bits per heavy atom. The zero-order valence-corrected chi connectivity index (χ0v) is 25.9. The first-order chi connectivity index (χ1) is 21.2. The number of nitrogens with one attached hydrogen (secondary N) is 2. The van der Waals surface area contributed by atoms with E-state index in [1.54, 1.807) is 62.8 Å². The van der Waals surface area contributed by atoms with Crippen LogP contribution in [0.5, 0.6) is 11.5 Å². The third kappa shape index (κ3) is 7.03. The number of nitrogens with zero attached hydrogens (tertiary/aromatic N) is 3. The van der Waals surface area contributed by atoms with Crippen molar-refractivity contribution in [3.63, 3.8) is 0 Å². The van der Waals surface area contributed by atoms with Gasteiger partial charge in [0, 0.05) is 23.9 Å². The van der Waals surface area contributed by atoms with Gasteiger partial charge in [0.2, 0.25) is 5.91 Å². The number of carbonyl (C=O) groups is 1. The summed E-state index contributed by atoms with van der Waals surface area (Å²) in [7, 11) is -1.08. The Bertz CT molecular complexity index is 1720. The Hall–Kier alpha value is -4.42. The van der Waals surface area contributed by atoms with Crippen LogP contribution in [0.15, 0.2) is 71.6 Å². The van der Waals surface area contributed by atoms with Gasteiger partial charge < -0.3 is 20.5 Å². The third-order valence-corrected chi connectivity index (χ3v) is 9.22. The molecule has 1 atom stereocenters. The van der Waals surface area contributed by atoms with Gasteiger partial charge >= 0.3 is 0 Å². The molecule has 5 rings (SSSR count). The number of benzene rings is 3. The maximum Gasteiger partial charge on any atom is 0.263 e. The fourth-order valence-electron chi connectivity index (χ4n) is 5.68. The summed E-state index contributed by atoms with van der Waals surface area (Å²) < 4.78 is 41.0. The highest BCUT2D eigenvalue weighted by Gasteiger charge is 2.30. The van der Waals surface area contributed by atoms with E-state index in [4.69, 9.17) is 15.2 Å². The van der Waals surface area contributed by atoms with E-state index in [1.165, 1.54) is 12.1 Å². The van der Waals surface area contributed by atoms with Gasteiger partial charge in [-0.1, -0.05) is 44.0 Å². The summed E-state index contributed by atoms with van der Waals surface area (Å²) in [5.74, 6) is 1.38. The Kier molecular flexibility index (Phi) is 9.50. The van der Waals surface area contributed by atoms with E-state index >= 15 is 0 Å². The molecule has 44 heavy (non-hydrogen) atoms. The maximum absolute atomic E-state index is 13.8. The van der Waals surface area contributed by atoms with Gasteiger partial charge in [-0.15, -0.1) is 0 Å². The van der Waals surface area contributed by atoms with Crippen LogP contribution in [0.2, 0.25) is 0 Å². The van der Waals surface area contributed by atoms with Crippen LogP contribution in [-0.2, 0) is 14.8 Å². The highest BCUT2D eigenvalue weighted by molar-refractivity contribution is 7.92. The number of nitrogens with two attached hydrogens (primary N) is 1. The lowest BCUT2D eigenvalue weighted by atomic mass is 9.91. The van der Waals surface area contributed by atoms with Gasteiger partial charge in [-0.25, -0.2) is 18.4 Å². The first-order valence-electron chi connectivity index (χ1n) is 14.6. The van der Waals surface area contributed by atoms with Crippen LogP contribution in [0, 0.1) is 5.92 Å². The normalized spacial score (nSPS) is 15.1. The molecule has 1 fully saturated rings. The molecule has 1 saturated heterocycles. The van der Waals surface area contributed by atoms with Gasteiger partial charge in [-0.3, -0.25) is 14.4 Å². The van der Waals surface area contributed by atoms with Crippen LogP contribution in [0.1, 0.15) is 44.2 Å². The van der Waals surface area contributed by atoms with E-state index in [0.717, 1.165) is 38.8 Å². The molecule has 0 aliphatic carbocycles. The number of methoxy groups -OCH3 is 2. The lowest BCUT2D eigenvalue weighted by molar-refractivity contribution is -0.124. The summed E-state index contributed by atoms with van der Waals surface area (Å²) in [5.41, 5.74) is 8.04. The van der Waals surface area contributed by atoms with Crippen molar-refractivity contribution in [3.05, 3.63) is 72.3 Å². The molecule has 1 aromatic heterocycles. The summed E-state index contributed by atoms with van der Waals surface area (Å²) in [5, 5.41) is 3.16. The minimum Gasteiger partial charge on any atom is -0.497 e. The molecule has 1 aliphatic heterocycles. The van der Waals surface area contributed by atoms with Crippen LogP contribution in [0.25, 0.3) is 11.0 Å². The topological polar surface area (TPSA) is 149 Å². The van der Waals surface area contributed by atoms with Crippen LogP contribution in [0.3, 0.4) is 0 Å². The molecular weight excluding hydrogens is 580 g/mol. The molecule has 1 unspecified atom stereocenters. The second kappa shape index (κ2) is 13.5. The Balaban J connectivity index is 1.47. The number of aromatic nitrogens is 2. The molecule has 1 aliphatic rings. The minimum absolute atomic E-state index is 0.000313. The highest BCUT2D eigenvalue weighted by Crippen LogP contribution is 2.33. The SMILES string of the molecule is CCCC1CCN(C(C(N)=O)c2cccc(S(=O)(=O)Nc3nc4ccccc4nc3Nc3cc(OC)cc(OC)c3)c2)CC1. The van der Waals surface area contributed by atoms with Crippen LogP contribution < -0.4 is 25.2 Å². The number of fused-ring (bicyclic) bond motifs is 1. The zero-order chi connectivity index (χ0) is 31.3. The number of para-hydroxylation sites is 2. The highest BCUT2D eigenvalue weighted by atomic mass is 32.2. The number of hydrogen-bond donors (Lipinski definition) is 3. The molecule has 2 heterocycles. The smallest absolute Gasteiger partial charge is 0.263 e. The van der Waals surface area contributed by atoms with Gasteiger partial charge in [0.15, 0.2) is 11.6 Å². The predicted octanol–water partition coefficient (Wildman–Crippen LogP) is 5.23. The van der Waals surface area contributed by atoms with Gasteiger partial charge in [-0.05, 0) is 61.7 Å². The van der Waals surface area contributed by atoms with E-state index in [-0.39, 0.29) is 16.5 Å². The Labute approximate surface area is 257 Å². The molecule has 0 bridgehead atoms. The molecule has 11 nitrogen and oxygen atoms in total. The van der Waals surface area contributed by atoms with E-state index in [1.807, 2.05) is 11.0 Å². The monoisotopic (exact) mass is 618 g/mol.